The van der Waals surface area contributed by atoms with Crippen LogP contribution in [0.2, 0.25) is 0 Å². The van der Waals surface area contributed by atoms with Crippen molar-refractivity contribution in [3.05, 3.63) is 54.9 Å². The summed E-state index contributed by atoms with van der Waals surface area (Å²) in [6.07, 6.45) is 3.17. The molecule has 0 saturated heterocycles. The Morgan fingerprint density at radius 3 is 2.71 bits per heavy atom. The first-order valence-electron chi connectivity index (χ1n) is 7.38. The molecule has 4 N–H and O–H groups in total. The van der Waals surface area contributed by atoms with Crippen LogP contribution in [0.4, 0.5) is 0 Å². The first-order chi connectivity index (χ1) is 11.5. The molecule has 0 unspecified atom stereocenters. The van der Waals surface area contributed by atoms with Crippen LogP contribution in [0, 0.1) is 0 Å². The fourth-order valence-electron chi connectivity index (χ4n) is 2.52. The van der Waals surface area contributed by atoms with Gasteiger partial charge >= 0.3 is 0 Å². The number of aromatic hydroxyl groups is 1. The smallest absolute Gasteiger partial charge is 0.241 e. The van der Waals surface area contributed by atoms with Gasteiger partial charge in [-0.25, -0.2) is 13.1 Å². The van der Waals surface area contributed by atoms with Crippen LogP contribution in [0.3, 0.4) is 0 Å². The van der Waals surface area contributed by atoms with Crippen LogP contribution in [0.1, 0.15) is 0 Å². The predicted octanol–water partition coefficient (Wildman–Crippen LogP) is 1.84. The number of hydrogen-bond acceptors (Lipinski definition) is 5. The molecule has 7 heteroatoms. The number of sulfonamides is 1. The molecular weight excluding hydrogens is 326 g/mol. The van der Waals surface area contributed by atoms with E-state index in [0.29, 0.717) is 16.3 Å². The molecule has 124 valence electrons. The van der Waals surface area contributed by atoms with E-state index in [4.69, 9.17) is 5.73 Å². The highest BCUT2D eigenvalue weighted by Gasteiger charge is 2.18. The third kappa shape index (κ3) is 3.23. The summed E-state index contributed by atoms with van der Waals surface area (Å²) in [5, 5.41) is 11.0. The largest absolute Gasteiger partial charge is 0.508 e. The van der Waals surface area contributed by atoms with Crippen LogP contribution in [0.5, 0.6) is 5.75 Å². The highest BCUT2D eigenvalue weighted by molar-refractivity contribution is 7.89. The summed E-state index contributed by atoms with van der Waals surface area (Å²) in [6.45, 7) is 0.371. The number of hydrogen-bond donors (Lipinski definition) is 3. The van der Waals surface area contributed by atoms with Gasteiger partial charge in [0.2, 0.25) is 10.0 Å². The molecular formula is C17H17N3O3S. The molecule has 1 heterocycles. The molecule has 0 aliphatic carbocycles. The van der Waals surface area contributed by atoms with Crippen LogP contribution in [0.15, 0.2) is 59.8 Å². The van der Waals surface area contributed by atoms with Crippen molar-refractivity contribution in [3.8, 4) is 16.9 Å². The minimum absolute atomic E-state index is 0.115. The van der Waals surface area contributed by atoms with Crippen LogP contribution in [-0.4, -0.2) is 31.6 Å². The first kappa shape index (κ1) is 16.4. The molecule has 24 heavy (non-hydrogen) atoms. The number of nitrogens with one attached hydrogen (secondary N) is 1. The number of benzene rings is 2. The second-order valence-corrected chi connectivity index (χ2v) is 7.04. The van der Waals surface area contributed by atoms with Crippen molar-refractivity contribution in [3.63, 3.8) is 0 Å². The highest BCUT2D eigenvalue weighted by atomic mass is 32.2. The quantitative estimate of drug-likeness (QED) is 0.655. The van der Waals surface area contributed by atoms with Gasteiger partial charge in [0.15, 0.2) is 0 Å². The highest BCUT2D eigenvalue weighted by Crippen LogP contribution is 2.31. The molecule has 2 aromatic carbocycles. The Morgan fingerprint density at radius 2 is 1.96 bits per heavy atom. The SMILES string of the molecule is NCCNS(=O)(=O)c1cc(-c2cccc(O)c2)cc2cnccc12. The number of fused-ring (bicyclic) bond motifs is 1. The van der Waals surface area contributed by atoms with E-state index < -0.39 is 10.0 Å². The number of phenolic OH excluding ortho intramolecular Hbond substituents is 1. The summed E-state index contributed by atoms with van der Waals surface area (Å²) in [4.78, 5) is 4.23. The maximum absolute atomic E-state index is 12.6. The zero-order valence-corrected chi connectivity index (χ0v) is 13.6. The van der Waals surface area contributed by atoms with Crippen molar-refractivity contribution < 1.29 is 13.5 Å². The molecule has 1 aromatic heterocycles. The molecule has 0 saturated carbocycles. The molecule has 3 rings (SSSR count). The predicted molar refractivity (Wildman–Crippen MR) is 93.1 cm³/mol. The second kappa shape index (κ2) is 6.56. The van der Waals surface area contributed by atoms with Gasteiger partial charge in [-0.05, 0) is 41.5 Å². The Kier molecular flexibility index (Phi) is 4.48. The lowest BCUT2D eigenvalue weighted by atomic mass is 10.0. The summed E-state index contributed by atoms with van der Waals surface area (Å²) in [5.74, 6) is 0.115. The van der Waals surface area contributed by atoms with Crippen molar-refractivity contribution in [2.24, 2.45) is 5.73 Å². The van der Waals surface area contributed by atoms with E-state index in [1.807, 2.05) is 6.07 Å². The Morgan fingerprint density at radius 1 is 1.12 bits per heavy atom. The van der Waals surface area contributed by atoms with E-state index in [2.05, 4.69) is 9.71 Å². The van der Waals surface area contributed by atoms with E-state index in [0.717, 1.165) is 5.56 Å². The van der Waals surface area contributed by atoms with Gasteiger partial charge in [0.1, 0.15) is 5.75 Å². The number of rotatable bonds is 5. The topological polar surface area (TPSA) is 105 Å². The molecule has 0 atom stereocenters. The van der Waals surface area contributed by atoms with E-state index in [1.165, 1.54) is 0 Å². The molecule has 0 radical (unpaired) electrons. The summed E-state index contributed by atoms with van der Waals surface area (Å²) >= 11 is 0. The monoisotopic (exact) mass is 343 g/mol. The molecule has 3 aromatic rings. The van der Waals surface area contributed by atoms with Crippen LogP contribution in [-0.2, 0) is 10.0 Å². The zero-order valence-electron chi connectivity index (χ0n) is 12.8. The van der Waals surface area contributed by atoms with Gasteiger partial charge < -0.3 is 10.8 Å². The fourth-order valence-corrected chi connectivity index (χ4v) is 3.82. The standard InChI is InChI=1S/C17H17N3O3S/c18-5-7-20-24(22,23)17-10-13(12-2-1-3-15(21)9-12)8-14-11-19-6-4-16(14)17/h1-4,6,8-11,20-21H,5,7,18H2. The van der Waals surface area contributed by atoms with Gasteiger partial charge in [0, 0.05) is 36.3 Å². The molecule has 0 aliphatic rings. The lowest BCUT2D eigenvalue weighted by Crippen LogP contribution is -2.29. The zero-order chi connectivity index (χ0) is 17.2. The average molecular weight is 343 g/mol. The molecule has 0 bridgehead atoms. The fraction of sp³-hybridized carbons (Fsp3) is 0.118. The van der Waals surface area contributed by atoms with Gasteiger partial charge in [-0.3, -0.25) is 4.98 Å². The lowest BCUT2D eigenvalue weighted by Gasteiger charge is -2.12. The normalized spacial score (nSPS) is 11.7. The van der Waals surface area contributed by atoms with Gasteiger partial charge in [-0.15, -0.1) is 0 Å². The minimum Gasteiger partial charge on any atom is -0.508 e. The molecule has 0 spiro atoms. The van der Waals surface area contributed by atoms with Gasteiger partial charge in [-0.1, -0.05) is 12.1 Å². The van der Waals surface area contributed by atoms with E-state index in [1.54, 1.807) is 48.8 Å². The first-order valence-corrected chi connectivity index (χ1v) is 8.86. The average Bonchev–Trinajstić information content (AvgIpc) is 2.59. The second-order valence-electron chi connectivity index (χ2n) is 5.31. The molecule has 0 amide bonds. The Balaban J connectivity index is 2.24. The Hall–Kier alpha value is -2.48. The van der Waals surface area contributed by atoms with Crippen molar-refractivity contribution >= 4 is 20.8 Å². The Labute approximate surface area is 140 Å². The summed E-state index contributed by atoms with van der Waals surface area (Å²) in [7, 11) is -3.71. The number of aromatic nitrogens is 1. The summed E-state index contributed by atoms with van der Waals surface area (Å²) in [6, 6.07) is 11.8. The molecule has 6 nitrogen and oxygen atoms in total. The third-order valence-electron chi connectivity index (χ3n) is 3.62. The van der Waals surface area contributed by atoms with Crippen molar-refractivity contribution in [1.29, 1.82) is 0 Å². The van der Waals surface area contributed by atoms with Gasteiger partial charge in [0.25, 0.3) is 0 Å². The maximum Gasteiger partial charge on any atom is 0.241 e. The van der Waals surface area contributed by atoms with E-state index >= 15 is 0 Å². The number of nitrogens with zero attached hydrogens (tertiary/aromatic N) is 1. The van der Waals surface area contributed by atoms with E-state index in [9.17, 15) is 13.5 Å². The lowest BCUT2D eigenvalue weighted by molar-refractivity contribution is 0.475. The third-order valence-corrected chi connectivity index (χ3v) is 5.12. The molecule has 0 fully saturated rings. The maximum atomic E-state index is 12.6. The van der Waals surface area contributed by atoms with Crippen LogP contribution < -0.4 is 10.5 Å². The number of pyridine rings is 1. The number of phenols is 1. The Bertz CT molecular complexity index is 987. The van der Waals surface area contributed by atoms with Crippen LogP contribution in [0.25, 0.3) is 21.9 Å². The molecule has 0 aliphatic heterocycles. The van der Waals surface area contributed by atoms with Crippen molar-refractivity contribution in [2.45, 2.75) is 4.90 Å². The van der Waals surface area contributed by atoms with Gasteiger partial charge in [-0.2, -0.15) is 0 Å². The minimum atomic E-state index is -3.71. The van der Waals surface area contributed by atoms with Crippen molar-refractivity contribution in [1.82, 2.24) is 9.71 Å². The van der Waals surface area contributed by atoms with Gasteiger partial charge in [0.05, 0.1) is 4.90 Å². The van der Waals surface area contributed by atoms with Crippen molar-refractivity contribution in [2.75, 3.05) is 13.1 Å². The van der Waals surface area contributed by atoms with E-state index in [-0.39, 0.29) is 23.7 Å². The summed E-state index contributed by atoms with van der Waals surface area (Å²) in [5.41, 5.74) is 6.80. The van der Waals surface area contributed by atoms with Crippen LogP contribution >= 0.6 is 0 Å². The summed E-state index contributed by atoms with van der Waals surface area (Å²) < 4.78 is 27.7. The number of nitrogens with two attached hydrogens (primary N) is 1.